The first-order valence-corrected chi connectivity index (χ1v) is 8.12. The van der Waals surface area contributed by atoms with Crippen LogP contribution in [0.3, 0.4) is 0 Å². The lowest BCUT2D eigenvalue weighted by atomic mass is 10.0. The molecule has 0 N–H and O–H groups in total. The normalized spacial score (nSPS) is 18.6. The number of amides is 2. The molecular formula is C17H19BrF3NO2. The summed E-state index contributed by atoms with van der Waals surface area (Å²) in [6.07, 6.45) is -2.03. The van der Waals surface area contributed by atoms with Crippen LogP contribution < -0.4 is 0 Å². The molecule has 7 heteroatoms. The SMILES string of the molecule is C=C(Br)/C(=C\C=C(/C(C)CC)N1C(=O)C(C)=C(C)C1=O)C(F)(F)F. The van der Waals surface area contributed by atoms with Gasteiger partial charge in [0, 0.05) is 21.3 Å². The molecule has 3 nitrogen and oxygen atoms in total. The van der Waals surface area contributed by atoms with E-state index in [0.29, 0.717) is 17.6 Å². The van der Waals surface area contributed by atoms with Gasteiger partial charge in [0.1, 0.15) is 0 Å². The molecule has 0 aromatic heterocycles. The van der Waals surface area contributed by atoms with E-state index in [1.807, 2.05) is 6.92 Å². The van der Waals surface area contributed by atoms with E-state index in [9.17, 15) is 22.8 Å². The minimum absolute atomic E-state index is 0.235. The van der Waals surface area contributed by atoms with Gasteiger partial charge < -0.3 is 0 Å². The number of carbonyl (C=O) groups is 2. The Labute approximate surface area is 147 Å². The van der Waals surface area contributed by atoms with Crippen LogP contribution in [0.15, 0.2) is 45.6 Å². The van der Waals surface area contributed by atoms with Crippen molar-refractivity contribution in [3.05, 3.63) is 45.6 Å². The van der Waals surface area contributed by atoms with Crippen molar-refractivity contribution < 1.29 is 22.8 Å². The van der Waals surface area contributed by atoms with Gasteiger partial charge in [0.15, 0.2) is 0 Å². The Morgan fingerprint density at radius 1 is 1.21 bits per heavy atom. The van der Waals surface area contributed by atoms with E-state index >= 15 is 0 Å². The zero-order valence-electron chi connectivity index (χ0n) is 13.9. The van der Waals surface area contributed by atoms with E-state index in [4.69, 9.17) is 0 Å². The van der Waals surface area contributed by atoms with Gasteiger partial charge in [-0.05, 0) is 38.3 Å². The molecule has 1 unspecified atom stereocenters. The third kappa shape index (κ3) is 4.06. The first kappa shape index (κ1) is 20.4. The average molecular weight is 406 g/mol. The smallest absolute Gasteiger partial charge is 0.269 e. The number of rotatable bonds is 5. The molecule has 1 aliphatic heterocycles. The molecule has 2 amide bonds. The highest BCUT2D eigenvalue weighted by molar-refractivity contribution is 9.11. The second-order valence-corrected chi connectivity index (χ2v) is 6.54. The van der Waals surface area contributed by atoms with E-state index in [2.05, 4.69) is 22.5 Å². The maximum atomic E-state index is 13.0. The van der Waals surface area contributed by atoms with E-state index in [-0.39, 0.29) is 16.1 Å². The van der Waals surface area contributed by atoms with Crippen LogP contribution in [-0.2, 0) is 9.59 Å². The molecule has 0 aromatic carbocycles. The number of imide groups is 1. The summed E-state index contributed by atoms with van der Waals surface area (Å²) in [4.78, 5) is 25.6. The summed E-state index contributed by atoms with van der Waals surface area (Å²) < 4.78 is 38.7. The van der Waals surface area contributed by atoms with Crippen LogP contribution in [0.5, 0.6) is 0 Å². The van der Waals surface area contributed by atoms with Crippen LogP contribution in [0.2, 0.25) is 0 Å². The third-order valence-corrected chi connectivity index (χ3v) is 4.43. The predicted molar refractivity (Wildman–Crippen MR) is 90.0 cm³/mol. The van der Waals surface area contributed by atoms with Crippen molar-refractivity contribution in [2.24, 2.45) is 5.92 Å². The summed E-state index contributed by atoms with van der Waals surface area (Å²) in [5.41, 5.74) is -0.124. The van der Waals surface area contributed by atoms with Crippen molar-refractivity contribution in [1.29, 1.82) is 0 Å². The lowest BCUT2D eigenvalue weighted by molar-refractivity contribution is -0.135. The van der Waals surface area contributed by atoms with E-state index in [1.54, 1.807) is 6.92 Å². The molecule has 1 aliphatic rings. The van der Waals surface area contributed by atoms with Gasteiger partial charge in [-0.3, -0.25) is 9.59 Å². The van der Waals surface area contributed by atoms with Crippen molar-refractivity contribution >= 4 is 27.7 Å². The Hall–Kier alpha value is -1.63. The topological polar surface area (TPSA) is 37.4 Å². The largest absolute Gasteiger partial charge is 0.417 e. The summed E-state index contributed by atoms with van der Waals surface area (Å²) in [6.45, 7) is 9.89. The predicted octanol–water partition coefficient (Wildman–Crippen LogP) is 5.02. The highest BCUT2D eigenvalue weighted by atomic mass is 79.9. The van der Waals surface area contributed by atoms with Crippen molar-refractivity contribution in [3.8, 4) is 0 Å². The summed E-state index contributed by atoms with van der Waals surface area (Å²) in [5.74, 6) is -1.27. The highest BCUT2D eigenvalue weighted by Gasteiger charge is 2.38. The van der Waals surface area contributed by atoms with Crippen LogP contribution in [0, 0.1) is 5.92 Å². The molecular weight excluding hydrogens is 387 g/mol. The Morgan fingerprint density at radius 2 is 1.67 bits per heavy atom. The molecule has 0 aliphatic carbocycles. The fraction of sp³-hybridized carbons (Fsp3) is 0.412. The van der Waals surface area contributed by atoms with E-state index < -0.39 is 23.6 Å². The molecule has 0 saturated heterocycles. The maximum Gasteiger partial charge on any atom is 0.417 e. The average Bonchev–Trinajstić information content (AvgIpc) is 2.66. The molecule has 0 bridgehead atoms. The Balaban J connectivity index is 3.42. The molecule has 0 radical (unpaired) electrons. The fourth-order valence-electron chi connectivity index (χ4n) is 2.16. The second kappa shape index (κ2) is 7.51. The van der Waals surface area contributed by atoms with Gasteiger partial charge >= 0.3 is 6.18 Å². The van der Waals surface area contributed by atoms with Gasteiger partial charge in [-0.15, -0.1) is 0 Å². The van der Waals surface area contributed by atoms with E-state index in [1.165, 1.54) is 19.9 Å². The van der Waals surface area contributed by atoms with Gasteiger partial charge in [-0.2, -0.15) is 13.2 Å². The van der Waals surface area contributed by atoms with Crippen LogP contribution in [0.4, 0.5) is 13.2 Å². The Kier molecular flexibility index (Phi) is 6.38. The summed E-state index contributed by atoms with van der Waals surface area (Å²) in [6, 6.07) is 0. The molecule has 1 rings (SSSR count). The van der Waals surface area contributed by atoms with Gasteiger partial charge in [0.25, 0.3) is 11.8 Å². The minimum atomic E-state index is -4.60. The molecule has 132 valence electrons. The third-order valence-electron chi connectivity index (χ3n) is 4.00. The minimum Gasteiger partial charge on any atom is -0.269 e. The lowest BCUT2D eigenvalue weighted by Crippen LogP contribution is -2.33. The number of hydrogen-bond acceptors (Lipinski definition) is 2. The van der Waals surface area contributed by atoms with Crippen LogP contribution in [0.25, 0.3) is 0 Å². The van der Waals surface area contributed by atoms with Crippen molar-refractivity contribution in [2.45, 2.75) is 40.3 Å². The summed E-state index contributed by atoms with van der Waals surface area (Å²) in [5, 5.41) is 0. The Morgan fingerprint density at radius 3 is 2.00 bits per heavy atom. The first-order valence-electron chi connectivity index (χ1n) is 7.33. The number of hydrogen-bond donors (Lipinski definition) is 0. The monoisotopic (exact) mass is 405 g/mol. The second-order valence-electron chi connectivity index (χ2n) is 5.58. The maximum absolute atomic E-state index is 13.0. The molecule has 1 heterocycles. The number of alkyl halides is 3. The van der Waals surface area contributed by atoms with Gasteiger partial charge in [0.05, 0.1) is 5.57 Å². The van der Waals surface area contributed by atoms with Crippen molar-refractivity contribution in [3.63, 3.8) is 0 Å². The van der Waals surface area contributed by atoms with Gasteiger partial charge in [-0.25, -0.2) is 4.90 Å². The Bertz CT molecular complexity index is 648. The van der Waals surface area contributed by atoms with Crippen molar-refractivity contribution in [2.75, 3.05) is 0 Å². The standard InChI is InChI=1S/C17H19BrF3NO2/c1-6-9(2)14(8-7-13(12(5)18)17(19,20)21)22-15(23)10(3)11(4)16(22)24/h7-9H,5-6H2,1-4H3/b13-7+,14-8+. The molecule has 0 spiro atoms. The van der Waals surface area contributed by atoms with E-state index in [0.717, 1.165) is 11.0 Å². The molecule has 0 saturated carbocycles. The summed E-state index contributed by atoms with van der Waals surface area (Å²) in [7, 11) is 0. The van der Waals surface area contributed by atoms with Crippen LogP contribution in [0.1, 0.15) is 34.1 Å². The van der Waals surface area contributed by atoms with Crippen LogP contribution >= 0.6 is 15.9 Å². The molecule has 0 aromatic rings. The van der Waals surface area contributed by atoms with Gasteiger partial charge in [0.2, 0.25) is 0 Å². The zero-order valence-corrected chi connectivity index (χ0v) is 15.5. The summed E-state index contributed by atoms with van der Waals surface area (Å²) >= 11 is 2.74. The molecule has 0 fully saturated rings. The quantitative estimate of drug-likeness (QED) is 0.475. The zero-order chi connectivity index (χ0) is 18.8. The number of carbonyl (C=O) groups excluding carboxylic acids is 2. The molecule has 1 atom stereocenters. The lowest BCUT2D eigenvalue weighted by Gasteiger charge is -2.23. The van der Waals surface area contributed by atoms with Gasteiger partial charge in [-0.1, -0.05) is 36.4 Å². The van der Waals surface area contributed by atoms with Crippen LogP contribution in [-0.4, -0.2) is 22.9 Å². The first-order chi connectivity index (χ1) is 10.9. The molecule has 24 heavy (non-hydrogen) atoms. The number of nitrogens with zero attached hydrogens (tertiary/aromatic N) is 1. The highest BCUT2D eigenvalue weighted by Crippen LogP contribution is 2.34. The van der Waals surface area contributed by atoms with Crippen molar-refractivity contribution in [1.82, 2.24) is 4.90 Å². The fourth-order valence-corrected chi connectivity index (χ4v) is 2.52. The number of allylic oxidation sites excluding steroid dienone is 5. The number of halogens is 4.